The van der Waals surface area contributed by atoms with E-state index < -0.39 is 5.97 Å². The van der Waals surface area contributed by atoms with Crippen LogP contribution >= 0.6 is 11.6 Å². The van der Waals surface area contributed by atoms with Crippen LogP contribution in [0.3, 0.4) is 0 Å². The molecule has 1 heterocycles. The normalized spacial score (nSPS) is 25.8. The number of aromatic amines is 1. The van der Waals surface area contributed by atoms with Gasteiger partial charge in [0.1, 0.15) is 0 Å². The van der Waals surface area contributed by atoms with Gasteiger partial charge in [0.2, 0.25) is 0 Å². The smallest absolute Gasteiger partial charge is 0.304 e. The third kappa shape index (κ3) is 2.52. The van der Waals surface area contributed by atoms with E-state index in [-0.39, 0.29) is 11.8 Å². The molecule has 4 heteroatoms. The summed E-state index contributed by atoms with van der Waals surface area (Å²) in [7, 11) is 0. The van der Waals surface area contributed by atoms with Crippen LogP contribution in [0.25, 0.3) is 10.9 Å². The number of aliphatic carboxylic acids is 1. The Labute approximate surface area is 169 Å². The van der Waals surface area contributed by atoms with Gasteiger partial charge in [-0.2, -0.15) is 0 Å². The summed E-state index contributed by atoms with van der Waals surface area (Å²) < 4.78 is 0. The molecule has 0 radical (unpaired) electrons. The summed E-state index contributed by atoms with van der Waals surface area (Å²) in [6, 6.07) is 14.7. The van der Waals surface area contributed by atoms with Crippen molar-refractivity contribution in [1.82, 2.24) is 4.98 Å². The number of fused-ring (bicyclic) bond motifs is 5. The SMILES string of the molecule is Cc1c(Cl)ccc2c3c([nH]c12)C1(CC(=O)O)CCC1CC3Cc1ccccc1. The van der Waals surface area contributed by atoms with Crippen molar-refractivity contribution in [1.29, 1.82) is 0 Å². The number of hydrogen-bond donors (Lipinski definition) is 2. The lowest BCUT2D eigenvalue weighted by molar-refractivity contribution is -0.141. The third-order valence-corrected chi connectivity index (χ3v) is 7.61. The number of carboxylic acid groups (broad SMARTS) is 1. The minimum Gasteiger partial charge on any atom is -0.481 e. The van der Waals surface area contributed by atoms with Crippen LogP contribution in [-0.4, -0.2) is 16.1 Å². The molecule has 0 saturated heterocycles. The lowest BCUT2D eigenvalue weighted by Crippen LogP contribution is -2.50. The molecule has 0 spiro atoms. The molecule has 2 aromatic carbocycles. The average Bonchev–Trinajstić information content (AvgIpc) is 3.05. The van der Waals surface area contributed by atoms with Crippen molar-refractivity contribution in [2.75, 3.05) is 0 Å². The van der Waals surface area contributed by atoms with Crippen LogP contribution in [0.5, 0.6) is 0 Å². The molecule has 3 atom stereocenters. The lowest BCUT2D eigenvalue weighted by Gasteiger charge is -2.54. The second-order valence-electron chi connectivity index (χ2n) is 8.59. The monoisotopic (exact) mass is 393 g/mol. The van der Waals surface area contributed by atoms with Gasteiger partial charge in [0, 0.05) is 21.5 Å². The van der Waals surface area contributed by atoms with Gasteiger partial charge in [0.05, 0.1) is 11.9 Å². The first-order valence-corrected chi connectivity index (χ1v) is 10.4. The molecule has 3 nitrogen and oxygen atoms in total. The molecule has 1 saturated carbocycles. The molecule has 144 valence electrons. The van der Waals surface area contributed by atoms with Crippen LogP contribution < -0.4 is 0 Å². The van der Waals surface area contributed by atoms with Crippen molar-refractivity contribution in [2.45, 2.75) is 50.4 Å². The highest BCUT2D eigenvalue weighted by Crippen LogP contribution is 2.61. The number of H-pyrrole nitrogens is 1. The molecule has 28 heavy (non-hydrogen) atoms. The van der Waals surface area contributed by atoms with Crippen molar-refractivity contribution in [3.63, 3.8) is 0 Å². The highest BCUT2D eigenvalue weighted by Gasteiger charge is 2.55. The lowest BCUT2D eigenvalue weighted by atomic mass is 9.50. The largest absolute Gasteiger partial charge is 0.481 e. The molecular weight excluding hydrogens is 370 g/mol. The molecule has 0 aliphatic heterocycles. The van der Waals surface area contributed by atoms with Crippen LogP contribution in [-0.2, 0) is 16.6 Å². The second-order valence-corrected chi connectivity index (χ2v) is 9.00. The zero-order chi connectivity index (χ0) is 19.5. The van der Waals surface area contributed by atoms with Crippen LogP contribution in [0.15, 0.2) is 42.5 Å². The summed E-state index contributed by atoms with van der Waals surface area (Å²) in [5.74, 6) is 0.137. The maximum atomic E-state index is 11.7. The van der Waals surface area contributed by atoms with E-state index in [1.54, 1.807) is 0 Å². The van der Waals surface area contributed by atoms with Crippen LogP contribution in [0.2, 0.25) is 5.02 Å². The Morgan fingerprint density at radius 2 is 2.04 bits per heavy atom. The molecule has 3 aromatic rings. The van der Waals surface area contributed by atoms with E-state index in [1.165, 1.54) is 22.2 Å². The Balaban J connectivity index is 1.70. The van der Waals surface area contributed by atoms with E-state index in [4.69, 9.17) is 11.6 Å². The minimum atomic E-state index is -0.703. The maximum Gasteiger partial charge on any atom is 0.304 e. The number of carbonyl (C=O) groups is 1. The zero-order valence-electron chi connectivity index (χ0n) is 16.0. The van der Waals surface area contributed by atoms with E-state index in [9.17, 15) is 9.90 Å². The number of benzene rings is 2. The van der Waals surface area contributed by atoms with Gasteiger partial charge >= 0.3 is 5.97 Å². The van der Waals surface area contributed by atoms with Crippen molar-refractivity contribution in [3.05, 3.63) is 69.9 Å². The van der Waals surface area contributed by atoms with Gasteiger partial charge in [-0.15, -0.1) is 0 Å². The van der Waals surface area contributed by atoms with Gasteiger partial charge in [-0.25, -0.2) is 0 Å². The Hall–Kier alpha value is -2.26. The second kappa shape index (κ2) is 6.38. The van der Waals surface area contributed by atoms with E-state index in [0.717, 1.165) is 41.8 Å². The molecule has 2 N–H and O–H groups in total. The minimum absolute atomic E-state index is 0.211. The molecule has 1 fully saturated rings. The summed E-state index contributed by atoms with van der Waals surface area (Å²) in [4.78, 5) is 15.4. The fourth-order valence-electron chi connectivity index (χ4n) is 5.72. The predicted molar refractivity (Wildman–Crippen MR) is 112 cm³/mol. The molecular formula is C24H24ClNO2. The topological polar surface area (TPSA) is 53.1 Å². The number of aromatic nitrogens is 1. The Kier molecular flexibility index (Phi) is 4.06. The van der Waals surface area contributed by atoms with E-state index in [2.05, 4.69) is 41.4 Å². The van der Waals surface area contributed by atoms with Crippen molar-refractivity contribution < 1.29 is 9.90 Å². The molecule has 5 rings (SSSR count). The van der Waals surface area contributed by atoms with Gasteiger partial charge < -0.3 is 10.1 Å². The highest BCUT2D eigenvalue weighted by atomic mass is 35.5. The molecule has 2 aliphatic carbocycles. The predicted octanol–water partition coefficient (Wildman–Crippen LogP) is 5.98. The quantitative estimate of drug-likeness (QED) is 0.572. The molecule has 0 amide bonds. The summed E-state index contributed by atoms with van der Waals surface area (Å²) in [5.41, 5.74) is 5.71. The molecule has 1 aromatic heterocycles. The number of carboxylic acids is 1. The van der Waals surface area contributed by atoms with Crippen LogP contribution in [0, 0.1) is 12.8 Å². The highest BCUT2D eigenvalue weighted by molar-refractivity contribution is 6.32. The number of rotatable bonds is 4. The first kappa shape index (κ1) is 17.8. The van der Waals surface area contributed by atoms with Crippen molar-refractivity contribution >= 4 is 28.5 Å². The Morgan fingerprint density at radius 3 is 2.71 bits per heavy atom. The first-order valence-electron chi connectivity index (χ1n) is 10.1. The Morgan fingerprint density at radius 1 is 1.25 bits per heavy atom. The fourth-order valence-corrected chi connectivity index (χ4v) is 5.88. The summed E-state index contributed by atoms with van der Waals surface area (Å²) in [6.45, 7) is 2.04. The summed E-state index contributed by atoms with van der Waals surface area (Å²) in [6.07, 6.45) is 4.33. The number of halogens is 1. The van der Waals surface area contributed by atoms with Gasteiger partial charge in [0.15, 0.2) is 0 Å². The third-order valence-electron chi connectivity index (χ3n) is 7.20. The summed E-state index contributed by atoms with van der Waals surface area (Å²) in [5, 5.41) is 11.6. The molecule has 0 bridgehead atoms. The average molecular weight is 394 g/mol. The van der Waals surface area contributed by atoms with Crippen molar-refractivity contribution in [2.24, 2.45) is 5.92 Å². The van der Waals surface area contributed by atoms with Gasteiger partial charge in [-0.3, -0.25) is 4.79 Å². The first-order chi connectivity index (χ1) is 13.5. The van der Waals surface area contributed by atoms with E-state index >= 15 is 0 Å². The standard InChI is InChI=1S/C24H24ClNO2/c1-14-19(25)8-7-18-21-16(11-15-5-3-2-4-6-15)12-17-9-10-24(17,13-20(27)28)23(21)26-22(14)18/h2-8,16-17,26H,9-13H2,1H3,(H,27,28). The van der Waals surface area contributed by atoms with Gasteiger partial charge in [0.25, 0.3) is 0 Å². The van der Waals surface area contributed by atoms with Gasteiger partial charge in [-0.05, 0) is 67.2 Å². The van der Waals surface area contributed by atoms with Gasteiger partial charge in [-0.1, -0.05) is 48.0 Å². The fraction of sp³-hybridized carbons (Fsp3) is 0.375. The van der Waals surface area contributed by atoms with Crippen LogP contribution in [0.1, 0.15) is 54.0 Å². The van der Waals surface area contributed by atoms with Crippen molar-refractivity contribution in [3.8, 4) is 0 Å². The molecule has 2 aliphatic rings. The number of hydrogen-bond acceptors (Lipinski definition) is 1. The maximum absolute atomic E-state index is 11.7. The Bertz CT molecular complexity index is 1070. The zero-order valence-corrected chi connectivity index (χ0v) is 16.7. The molecule has 3 unspecified atom stereocenters. The van der Waals surface area contributed by atoms with E-state index in [1.807, 2.05) is 13.0 Å². The summed E-state index contributed by atoms with van der Waals surface area (Å²) >= 11 is 6.40. The van der Waals surface area contributed by atoms with E-state index in [0.29, 0.717) is 11.8 Å². The number of nitrogens with one attached hydrogen (secondary N) is 1. The van der Waals surface area contributed by atoms with Crippen LogP contribution in [0.4, 0.5) is 0 Å². The number of aryl methyl sites for hydroxylation is 1.